The summed E-state index contributed by atoms with van der Waals surface area (Å²) < 4.78 is 5.16. The highest BCUT2D eigenvalue weighted by Gasteiger charge is 2.29. The molecule has 0 aliphatic carbocycles. The van der Waals surface area contributed by atoms with Gasteiger partial charge in [-0.2, -0.15) is 0 Å². The molecule has 1 aromatic carbocycles. The highest BCUT2D eigenvalue weighted by Crippen LogP contribution is 2.22. The van der Waals surface area contributed by atoms with Gasteiger partial charge in [0.1, 0.15) is 0 Å². The summed E-state index contributed by atoms with van der Waals surface area (Å²) in [6.07, 6.45) is 2.61. The number of hydrogen-bond donors (Lipinski definition) is 2. The van der Waals surface area contributed by atoms with Gasteiger partial charge in [0.25, 0.3) is 11.8 Å². The van der Waals surface area contributed by atoms with Crippen molar-refractivity contribution in [2.45, 2.75) is 26.7 Å². The number of hydrogen-bond acceptors (Lipinski definition) is 4. The third-order valence-electron chi connectivity index (χ3n) is 4.99. The number of carbonyl (C=O) groups is 3. The van der Waals surface area contributed by atoms with Crippen LogP contribution in [0.1, 0.15) is 47.6 Å². The average Bonchev–Trinajstić information content (AvgIpc) is 3.27. The molecule has 2 N–H and O–H groups in total. The molecule has 0 unspecified atom stereocenters. The van der Waals surface area contributed by atoms with Crippen molar-refractivity contribution in [1.82, 2.24) is 10.2 Å². The summed E-state index contributed by atoms with van der Waals surface area (Å²) in [6, 6.07) is 10.3. The highest BCUT2D eigenvalue weighted by atomic mass is 16.3. The second kappa shape index (κ2) is 9.41. The van der Waals surface area contributed by atoms with Gasteiger partial charge < -0.3 is 20.0 Å². The van der Waals surface area contributed by atoms with Gasteiger partial charge in [-0.05, 0) is 43.0 Å². The van der Waals surface area contributed by atoms with Crippen molar-refractivity contribution in [3.63, 3.8) is 0 Å². The Balaban J connectivity index is 1.57. The monoisotopic (exact) mass is 397 g/mol. The van der Waals surface area contributed by atoms with E-state index in [0.717, 1.165) is 0 Å². The Hall–Kier alpha value is -3.09. The summed E-state index contributed by atoms with van der Waals surface area (Å²) in [7, 11) is 0. The maximum atomic E-state index is 12.7. The van der Waals surface area contributed by atoms with Gasteiger partial charge >= 0.3 is 0 Å². The number of amides is 3. The van der Waals surface area contributed by atoms with Crippen molar-refractivity contribution >= 4 is 23.4 Å². The Labute approximate surface area is 170 Å². The Kier molecular flexibility index (Phi) is 6.69. The van der Waals surface area contributed by atoms with Crippen LogP contribution in [0.5, 0.6) is 0 Å². The van der Waals surface area contributed by atoms with Gasteiger partial charge in [-0.25, -0.2) is 0 Å². The minimum absolute atomic E-state index is 0.126. The number of likely N-dealkylation sites (tertiary alicyclic amines) is 1. The normalized spacial score (nSPS) is 14.7. The van der Waals surface area contributed by atoms with E-state index in [1.807, 2.05) is 13.8 Å². The van der Waals surface area contributed by atoms with Crippen molar-refractivity contribution in [3.05, 3.63) is 54.0 Å². The third-order valence-corrected chi connectivity index (χ3v) is 4.99. The standard InChI is InChI=1S/C22H27N3O4/c1-15(2)14-23-21(27)17-6-3-4-7-18(17)24-20(26)16-9-11-25(12-10-16)22(28)19-8-5-13-29-19/h3-8,13,15-16H,9-12,14H2,1-2H3,(H,23,27)(H,24,26). The third kappa shape index (κ3) is 5.25. The molecule has 1 aliphatic heterocycles. The van der Waals surface area contributed by atoms with E-state index in [2.05, 4.69) is 10.6 Å². The number of nitrogens with zero attached hydrogens (tertiary/aromatic N) is 1. The number of anilines is 1. The molecule has 2 aromatic rings. The summed E-state index contributed by atoms with van der Waals surface area (Å²) in [5.41, 5.74) is 0.958. The van der Waals surface area contributed by atoms with Crippen molar-refractivity contribution in [3.8, 4) is 0 Å². The molecule has 0 spiro atoms. The minimum atomic E-state index is -0.206. The fourth-order valence-corrected chi connectivity index (χ4v) is 3.32. The smallest absolute Gasteiger partial charge is 0.289 e. The van der Waals surface area contributed by atoms with E-state index in [1.165, 1.54) is 6.26 Å². The number of rotatable bonds is 6. The predicted octanol–water partition coefficient (Wildman–Crippen LogP) is 3.16. The van der Waals surface area contributed by atoms with Crippen molar-refractivity contribution in [1.29, 1.82) is 0 Å². The first-order valence-corrected chi connectivity index (χ1v) is 9.96. The van der Waals surface area contributed by atoms with Crippen LogP contribution in [0.25, 0.3) is 0 Å². The first kappa shape index (κ1) is 20.6. The zero-order chi connectivity index (χ0) is 20.8. The first-order chi connectivity index (χ1) is 14.0. The molecule has 154 valence electrons. The maximum Gasteiger partial charge on any atom is 0.289 e. The Bertz CT molecular complexity index is 853. The molecule has 0 atom stereocenters. The molecule has 3 rings (SSSR count). The summed E-state index contributed by atoms with van der Waals surface area (Å²) in [5.74, 6) is -0.0276. The van der Waals surface area contributed by atoms with Crippen LogP contribution in [0.2, 0.25) is 0 Å². The summed E-state index contributed by atoms with van der Waals surface area (Å²) >= 11 is 0. The van der Waals surface area contributed by atoms with Gasteiger partial charge in [0.15, 0.2) is 5.76 Å². The van der Waals surface area contributed by atoms with Gasteiger partial charge in [-0.15, -0.1) is 0 Å². The summed E-state index contributed by atoms with van der Waals surface area (Å²) in [5, 5.41) is 5.78. The molecular weight excluding hydrogens is 370 g/mol. The molecule has 1 fully saturated rings. The average molecular weight is 397 g/mol. The number of carbonyl (C=O) groups excluding carboxylic acids is 3. The van der Waals surface area contributed by atoms with E-state index in [1.54, 1.807) is 41.3 Å². The van der Waals surface area contributed by atoms with E-state index >= 15 is 0 Å². The van der Waals surface area contributed by atoms with Gasteiger partial charge in [0.05, 0.1) is 17.5 Å². The van der Waals surface area contributed by atoms with Crippen molar-refractivity contribution < 1.29 is 18.8 Å². The van der Waals surface area contributed by atoms with E-state index in [0.29, 0.717) is 55.4 Å². The van der Waals surface area contributed by atoms with Gasteiger partial charge in [-0.1, -0.05) is 26.0 Å². The van der Waals surface area contributed by atoms with Crippen LogP contribution in [-0.2, 0) is 4.79 Å². The topological polar surface area (TPSA) is 91.7 Å². The number of nitrogens with one attached hydrogen (secondary N) is 2. The molecule has 29 heavy (non-hydrogen) atoms. The lowest BCUT2D eigenvalue weighted by molar-refractivity contribution is -0.121. The zero-order valence-electron chi connectivity index (χ0n) is 16.8. The van der Waals surface area contributed by atoms with Crippen LogP contribution in [-0.4, -0.2) is 42.3 Å². The molecule has 7 nitrogen and oxygen atoms in total. The largest absolute Gasteiger partial charge is 0.459 e. The molecule has 3 amide bonds. The van der Waals surface area contributed by atoms with Crippen LogP contribution in [0.3, 0.4) is 0 Å². The SMILES string of the molecule is CC(C)CNC(=O)c1ccccc1NC(=O)C1CCN(C(=O)c2ccco2)CC1. The second-order valence-corrected chi connectivity index (χ2v) is 7.68. The number of para-hydroxylation sites is 1. The fourth-order valence-electron chi connectivity index (χ4n) is 3.32. The van der Waals surface area contributed by atoms with Crippen LogP contribution < -0.4 is 10.6 Å². The molecule has 1 aromatic heterocycles. The molecule has 0 bridgehead atoms. The van der Waals surface area contributed by atoms with E-state index in [4.69, 9.17) is 4.42 Å². The van der Waals surface area contributed by atoms with Gasteiger partial charge in [0.2, 0.25) is 5.91 Å². The van der Waals surface area contributed by atoms with E-state index < -0.39 is 0 Å². The van der Waals surface area contributed by atoms with Gasteiger partial charge in [-0.3, -0.25) is 14.4 Å². The lowest BCUT2D eigenvalue weighted by Gasteiger charge is -2.30. The Morgan fingerprint density at radius 1 is 1.10 bits per heavy atom. The quantitative estimate of drug-likeness (QED) is 0.783. The van der Waals surface area contributed by atoms with Crippen molar-refractivity contribution in [2.75, 3.05) is 25.0 Å². The summed E-state index contributed by atoms with van der Waals surface area (Å²) in [4.78, 5) is 39.2. The summed E-state index contributed by atoms with van der Waals surface area (Å²) in [6.45, 7) is 5.61. The Morgan fingerprint density at radius 2 is 1.83 bits per heavy atom. The second-order valence-electron chi connectivity index (χ2n) is 7.68. The van der Waals surface area contributed by atoms with Crippen LogP contribution in [0.15, 0.2) is 47.1 Å². The molecule has 1 aliphatic rings. The molecule has 2 heterocycles. The molecular formula is C22H27N3O4. The lowest BCUT2D eigenvalue weighted by Crippen LogP contribution is -2.41. The predicted molar refractivity (Wildman–Crippen MR) is 110 cm³/mol. The first-order valence-electron chi connectivity index (χ1n) is 9.96. The molecule has 0 radical (unpaired) electrons. The van der Waals surface area contributed by atoms with Gasteiger partial charge in [0, 0.05) is 25.6 Å². The maximum absolute atomic E-state index is 12.7. The molecule has 7 heteroatoms. The van der Waals surface area contributed by atoms with Crippen LogP contribution in [0, 0.1) is 11.8 Å². The number of furan rings is 1. The fraction of sp³-hybridized carbons (Fsp3) is 0.409. The van der Waals surface area contributed by atoms with Crippen LogP contribution in [0.4, 0.5) is 5.69 Å². The Morgan fingerprint density at radius 3 is 2.48 bits per heavy atom. The van der Waals surface area contributed by atoms with E-state index in [-0.39, 0.29) is 23.6 Å². The molecule has 1 saturated heterocycles. The number of piperidine rings is 1. The number of benzene rings is 1. The zero-order valence-corrected chi connectivity index (χ0v) is 16.8. The van der Waals surface area contributed by atoms with E-state index in [9.17, 15) is 14.4 Å². The van der Waals surface area contributed by atoms with Crippen LogP contribution >= 0.6 is 0 Å². The highest BCUT2D eigenvalue weighted by molar-refractivity contribution is 6.04. The molecule has 0 saturated carbocycles. The minimum Gasteiger partial charge on any atom is -0.459 e. The lowest BCUT2D eigenvalue weighted by atomic mass is 9.95. The van der Waals surface area contributed by atoms with Crippen molar-refractivity contribution in [2.24, 2.45) is 11.8 Å².